The Hall–Kier alpha value is -1.29. The maximum atomic E-state index is 3.98. The zero-order valence-electron chi connectivity index (χ0n) is 6.17. The molecule has 1 heterocycles. The Labute approximate surface area is 66.5 Å². The van der Waals surface area contributed by atoms with Crippen LogP contribution >= 0.6 is 0 Å². The second-order valence-corrected chi connectivity index (χ2v) is 2.70. The smallest absolute Gasteiger partial charge is 0.113 e. The first kappa shape index (κ1) is 6.42. The van der Waals surface area contributed by atoms with Crippen molar-refractivity contribution in [3.05, 3.63) is 30.1 Å². The number of hydrogen-bond donors (Lipinski definition) is 0. The van der Waals surface area contributed by atoms with Gasteiger partial charge in [-0.3, -0.25) is 0 Å². The maximum Gasteiger partial charge on any atom is 0.113 e. The van der Waals surface area contributed by atoms with E-state index in [1.54, 1.807) is 6.07 Å². The number of pyridine rings is 1. The Morgan fingerprint density at radius 3 is 3.09 bits per heavy atom. The summed E-state index contributed by atoms with van der Waals surface area (Å²) in [6, 6.07) is 5.60. The van der Waals surface area contributed by atoms with Crippen LogP contribution in [0, 0.1) is 24.0 Å². The van der Waals surface area contributed by atoms with Gasteiger partial charge in [0.05, 0.1) is 6.20 Å². The van der Waals surface area contributed by atoms with Crippen molar-refractivity contribution in [2.45, 2.75) is 12.8 Å². The summed E-state index contributed by atoms with van der Waals surface area (Å²) >= 11 is 0. The zero-order valence-corrected chi connectivity index (χ0v) is 6.17. The highest BCUT2D eigenvalue weighted by atomic mass is 14.6. The molecule has 1 nitrogen and oxygen atoms in total. The minimum Gasteiger partial charge on any atom is -0.238 e. The summed E-state index contributed by atoms with van der Waals surface area (Å²) in [6.45, 7) is 0. The Kier molecular flexibility index (Phi) is 1.61. The molecule has 0 amide bonds. The first-order chi connectivity index (χ1) is 5.45. The molecule has 0 N–H and O–H groups in total. The Bertz CT molecular complexity index is 288. The molecule has 1 aromatic heterocycles. The third-order valence-corrected chi connectivity index (χ3v) is 1.59. The monoisotopic (exact) mass is 142 g/mol. The van der Waals surface area contributed by atoms with Crippen LogP contribution in [0.2, 0.25) is 0 Å². The predicted octanol–water partition coefficient (Wildman–Crippen LogP) is 1.64. The van der Waals surface area contributed by atoms with Gasteiger partial charge in [-0.1, -0.05) is 12.0 Å². The third-order valence-electron chi connectivity index (χ3n) is 1.59. The molecule has 1 aliphatic carbocycles. The van der Waals surface area contributed by atoms with Crippen LogP contribution in [0.15, 0.2) is 18.2 Å². The number of aromatic nitrogens is 1. The molecule has 2 rings (SSSR count). The van der Waals surface area contributed by atoms with Gasteiger partial charge in [0, 0.05) is 5.92 Å². The first-order valence-electron chi connectivity index (χ1n) is 3.80. The molecule has 0 aromatic carbocycles. The number of hydrogen-bond acceptors (Lipinski definition) is 1. The lowest BCUT2D eigenvalue weighted by Gasteiger charge is -1.83. The maximum absolute atomic E-state index is 3.98. The van der Waals surface area contributed by atoms with E-state index in [-0.39, 0.29) is 0 Å². The van der Waals surface area contributed by atoms with E-state index in [0.717, 1.165) is 5.69 Å². The highest BCUT2D eigenvalue weighted by Gasteiger charge is 2.17. The Balaban J connectivity index is 2.12. The lowest BCUT2D eigenvalue weighted by molar-refractivity contribution is 1.17. The van der Waals surface area contributed by atoms with E-state index in [0.29, 0.717) is 5.92 Å². The van der Waals surface area contributed by atoms with Crippen molar-refractivity contribution in [1.29, 1.82) is 0 Å². The summed E-state index contributed by atoms with van der Waals surface area (Å²) in [4.78, 5) is 3.98. The third kappa shape index (κ3) is 1.81. The standard InChI is InChI=1S/C10H8N/c1-2-8-11-10(3-1)7-6-9-4-5-9/h1-3,9H,4-5H2. The minimum atomic E-state index is 0.650. The molecule has 1 heteroatoms. The van der Waals surface area contributed by atoms with E-state index in [4.69, 9.17) is 0 Å². The van der Waals surface area contributed by atoms with Crippen molar-refractivity contribution in [1.82, 2.24) is 4.98 Å². The lowest BCUT2D eigenvalue weighted by atomic mass is 10.3. The fourth-order valence-electron chi connectivity index (χ4n) is 0.800. The van der Waals surface area contributed by atoms with Crippen molar-refractivity contribution in [2.75, 3.05) is 0 Å². The van der Waals surface area contributed by atoms with Crippen molar-refractivity contribution in [2.24, 2.45) is 5.92 Å². The van der Waals surface area contributed by atoms with Gasteiger partial charge in [0.15, 0.2) is 0 Å². The van der Waals surface area contributed by atoms with Crippen LogP contribution in [0.1, 0.15) is 18.5 Å². The van der Waals surface area contributed by atoms with Gasteiger partial charge < -0.3 is 0 Å². The van der Waals surface area contributed by atoms with Crippen LogP contribution in [0.25, 0.3) is 0 Å². The second-order valence-electron chi connectivity index (χ2n) is 2.70. The fraction of sp³-hybridized carbons (Fsp3) is 0.300. The highest BCUT2D eigenvalue weighted by Crippen LogP contribution is 2.27. The molecule has 1 radical (unpaired) electrons. The summed E-state index contributed by atoms with van der Waals surface area (Å²) in [7, 11) is 0. The molecule has 1 fully saturated rings. The van der Waals surface area contributed by atoms with E-state index in [9.17, 15) is 0 Å². The normalized spacial score (nSPS) is 15.3. The average Bonchev–Trinajstić information content (AvgIpc) is 2.86. The van der Waals surface area contributed by atoms with Gasteiger partial charge in [-0.15, -0.1) is 0 Å². The van der Waals surface area contributed by atoms with Gasteiger partial charge in [0.2, 0.25) is 0 Å². The summed E-state index contributed by atoms with van der Waals surface area (Å²) in [5.41, 5.74) is 0.833. The molecular formula is C10H8N. The average molecular weight is 142 g/mol. The summed E-state index contributed by atoms with van der Waals surface area (Å²) in [5, 5.41) is 0. The van der Waals surface area contributed by atoms with E-state index >= 15 is 0 Å². The van der Waals surface area contributed by atoms with E-state index < -0.39 is 0 Å². The second kappa shape index (κ2) is 2.75. The van der Waals surface area contributed by atoms with Crippen molar-refractivity contribution in [3.8, 4) is 11.8 Å². The van der Waals surface area contributed by atoms with Crippen molar-refractivity contribution < 1.29 is 0 Å². The summed E-state index contributed by atoms with van der Waals surface area (Å²) in [5.74, 6) is 6.80. The molecule has 11 heavy (non-hydrogen) atoms. The van der Waals surface area contributed by atoms with Gasteiger partial charge in [-0.2, -0.15) is 0 Å². The molecule has 0 unspecified atom stereocenters. The molecule has 0 spiro atoms. The zero-order chi connectivity index (χ0) is 7.52. The van der Waals surface area contributed by atoms with Crippen molar-refractivity contribution >= 4 is 0 Å². The molecule has 1 saturated carbocycles. The van der Waals surface area contributed by atoms with Gasteiger partial charge in [-0.05, 0) is 30.9 Å². The quantitative estimate of drug-likeness (QED) is 0.502. The van der Waals surface area contributed by atoms with Crippen molar-refractivity contribution in [3.63, 3.8) is 0 Å². The molecule has 0 bridgehead atoms. The van der Waals surface area contributed by atoms with Crippen LogP contribution in [-0.4, -0.2) is 4.98 Å². The lowest BCUT2D eigenvalue weighted by Crippen LogP contribution is -1.78. The molecule has 0 saturated heterocycles. The molecule has 53 valence electrons. The van der Waals surface area contributed by atoms with E-state index in [1.807, 2.05) is 12.1 Å². The SMILES string of the molecule is C(#CC1CC1)c1ccc[c]n1. The minimum absolute atomic E-state index is 0.650. The molecule has 0 atom stereocenters. The van der Waals surface area contributed by atoms with Crippen LogP contribution in [-0.2, 0) is 0 Å². The van der Waals surface area contributed by atoms with Crippen LogP contribution in [0.3, 0.4) is 0 Å². The summed E-state index contributed by atoms with van der Waals surface area (Å²) in [6.07, 6.45) is 5.29. The fourth-order valence-corrected chi connectivity index (χ4v) is 0.800. The molecular weight excluding hydrogens is 134 g/mol. The Morgan fingerprint density at radius 1 is 1.55 bits per heavy atom. The van der Waals surface area contributed by atoms with Gasteiger partial charge >= 0.3 is 0 Å². The number of nitrogens with zero attached hydrogens (tertiary/aromatic N) is 1. The highest BCUT2D eigenvalue weighted by molar-refractivity contribution is 5.28. The predicted molar refractivity (Wildman–Crippen MR) is 42.7 cm³/mol. The Morgan fingerprint density at radius 2 is 2.45 bits per heavy atom. The van der Waals surface area contributed by atoms with Crippen LogP contribution in [0.4, 0.5) is 0 Å². The van der Waals surface area contributed by atoms with Gasteiger partial charge in [-0.25, -0.2) is 4.98 Å². The molecule has 0 aliphatic heterocycles. The van der Waals surface area contributed by atoms with Crippen LogP contribution < -0.4 is 0 Å². The summed E-state index contributed by atoms with van der Waals surface area (Å²) < 4.78 is 0. The molecule has 1 aliphatic rings. The van der Waals surface area contributed by atoms with E-state index in [1.165, 1.54) is 12.8 Å². The topological polar surface area (TPSA) is 12.9 Å². The van der Waals surface area contributed by atoms with Gasteiger partial charge in [0.25, 0.3) is 0 Å². The number of rotatable bonds is 0. The van der Waals surface area contributed by atoms with Crippen LogP contribution in [0.5, 0.6) is 0 Å². The largest absolute Gasteiger partial charge is 0.238 e. The first-order valence-corrected chi connectivity index (χ1v) is 3.80. The van der Waals surface area contributed by atoms with E-state index in [2.05, 4.69) is 23.0 Å². The van der Waals surface area contributed by atoms with Gasteiger partial charge in [0.1, 0.15) is 5.69 Å². The molecule has 1 aromatic rings.